The number of rotatable bonds is 6. The molecule has 0 aliphatic carbocycles. The Bertz CT molecular complexity index is 1100. The number of pyridine rings is 2. The van der Waals surface area contributed by atoms with Gasteiger partial charge in [-0.2, -0.15) is 0 Å². The Morgan fingerprint density at radius 1 is 1.34 bits per heavy atom. The van der Waals surface area contributed by atoms with Gasteiger partial charge in [-0.15, -0.1) is 0 Å². The molecule has 1 aliphatic heterocycles. The maximum atomic E-state index is 13.5. The Balaban J connectivity index is 1.93. The molecule has 1 N–H and O–H groups in total. The van der Waals surface area contributed by atoms with Crippen molar-refractivity contribution in [2.45, 2.75) is 26.0 Å². The summed E-state index contributed by atoms with van der Waals surface area (Å²) in [7, 11) is 5.56. The van der Waals surface area contributed by atoms with Crippen molar-refractivity contribution in [3.8, 4) is 17.7 Å². The standard InChI is InChI=1S/C26H33N5O4/c1-18-15-31(19(2)17-32)26(34)22-12-20(8-7-11-29(3)4)13-28-24(22)35-23(18)16-30(5)25(33)21-9-6-10-27-14-21/h6,9-10,12-14,18-19,23,32H,11,15-17H2,1-5H3/t18-,19+,23-/m0/s1. The molecule has 35 heavy (non-hydrogen) atoms. The molecule has 3 heterocycles. The van der Waals surface area contributed by atoms with Crippen LogP contribution in [-0.4, -0.2) is 101 Å². The lowest BCUT2D eigenvalue weighted by atomic mass is 9.99. The quantitative estimate of drug-likeness (QED) is 0.625. The van der Waals surface area contributed by atoms with E-state index in [9.17, 15) is 14.7 Å². The van der Waals surface area contributed by atoms with Crippen molar-refractivity contribution in [2.75, 3.05) is 47.4 Å². The zero-order valence-corrected chi connectivity index (χ0v) is 20.9. The third-order valence-corrected chi connectivity index (χ3v) is 5.86. The molecule has 3 rings (SSSR count). The van der Waals surface area contributed by atoms with Gasteiger partial charge in [-0.1, -0.05) is 18.8 Å². The van der Waals surface area contributed by atoms with Crippen LogP contribution in [-0.2, 0) is 0 Å². The fraction of sp³-hybridized carbons (Fsp3) is 0.462. The van der Waals surface area contributed by atoms with E-state index in [0.29, 0.717) is 29.8 Å². The van der Waals surface area contributed by atoms with Gasteiger partial charge in [0, 0.05) is 43.7 Å². The molecule has 2 amide bonds. The van der Waals surface area contributed by atoms with Crippen LogP contribution in [0.1, 0.15) is 40.1 Å². The van der Waals surface area contributed by atoms with Crippen molar-refractivity contribution < 1.29 is 19.4 Å². The number of ether oxygens (including phenoxy) is 1. The topological polar surface area (TPSA) is 99.1 Å². The molecule has 0 spiro atoms. The van der Waals surface area contributed by atoms with Gasteiger partial charge >= 0.3 is 0 Å². The Kier molecular flexibility index (Phi) is 8.79. The van der Waals surface area contributed by atoms with Crippen LogP contribution in [0.2, 0.25) is 0 Å². The molecule has 0 saturated carbocycles. The monoisotopic (exact) mass is 479 g/mol. The second-order valence-electron chi connectivity index (χ2n) is 9.17. The molecule has 3 atom stereocenters. The number of aromatic nitrogens is 2. The minimum absolute atomic E-state index is 0.133. The lowest BCUT2D eigenvalue weighted by molar-refractivity contribution is 0.0313. The normalized spacial score (nSPS) is 18.5. The van der Waals surface area contributed by atoms with Crippen molar-refractivity contribution in [2.24, 2.45) is 5.92 Å². The van der Waals surface area contributed by atoms with Gasteiger partial charge in [0.05, 0.1) is 31.3 Å². The third kappa shape index (κ3) is 6.56. The second-order valence-corrected chi connectivity index (χ2v) is 9.17. The second kappa shape index (κ2) is 11.8. The van der Waals surface area contributed by atoms with Gasteiger partial charge in [-0.3, -0.25) is 19.5 Å². The van der Waals surface area contributed by atoms with Crippen LogP contribution in [0.5, 0.6) is 5.88 Å². The Morgan fingerprint density at radius 3 is 2.77 bits per heavy atom. The highest BCUT2D eigenvalue weighted by atomic mass is 16.5. The minimum Gasteiger partial charge on any atom is -0.472 e. The molecule has 186 valence electrons. The summed E-state index contributed by atoms with van der Waals surface area (Å²) >= 11 is 0. The Labute approximate surface area is 206 Å². The van der Waals surface area contributed by atoms with E-state index in [1.807, 2.05) is 25.9 Å². The average molecular weight is 480 g/mol. The molecule has 0 radical (unpaired) electrons. The number of hydrogen-bond acceptors (Lipinski definition) is 7. The zero-order chi connectivity index (χ0) is 25.5. The summed E-state index contributed by atoms with van der Waals surface area (Å²) in [6, 6.07) is 4.72. The van der Waals surface area contributed by atoms with Crippen molar-refractivity contribution in [1.29, 1.82) is 0 Å². The number of aliphatic hydroxyl groups excluding tert-OH is 1. The molecule has 0 fully saturated rings. The first kappa shape index (κ1) is 26.1. The summed E-state index contributed by atoms with van der Waals surface area (Å²) < 4.78 is 6.25. The SMILES string of the molecule is C[C@H](CO)N1C[C@H](C)[C@H](CN(C)C(=O)c2cccnc2)Oc2ncc(C#CCN(C)C)cc2C1=O. The summed E-state index contributed by atoms with van der Waals surface area (Å²) in [4.78, 5) is 40.0. The summed E-state index contributed by atoms with van der Waals surface area (Å²) in [5.41, 5.74) is 1.38. The summed E-state index contributed by atoms with van der Waals surface area (Å²) in [5, 5.41) is 9.81. The highest BCUT2D eigenvalue weighted by Crippen LogP contribution is 2.27. The Hall–Kier alpha value is -3.48. The van der Waals surface area contributed by atoms with Crippen molar-refractivity contribution in [3.63, 3.8) is 0 Å². The third-order valence-electron chi connectivity index (χ3n) is 5.86. The van der Waals surface area contributed by atoms with Gasteiger partial charge in [0.25, 0.3) is 11.8 Å². The maximum Gasteiger partial charge on any atom is 0.259 e. The van der Waals surface area contributed by atoms with Crippen LogP contribution in [0.4, 0.5) is 0 Å². The van der Waals surface area contributed by atoms with E-state index >= 15 is 0 Å². The van der Waals surface area contributed by atoms with Crippen molar-refractivity contribution >= 4 is 11.8 Å². The van der Waals surface area contributed by atoms with Crippen LogP contribution >= 0.6 is 0 Å². The molecule has 0 bridgehead atoms. The fourth-order valence-corrected chi connectivity index (χ4v) is 3.75. The first-order valence-electron chi connectivity index (χ1n) is 11.6. The average Bonchev–Trinajstić information content (AvgIpc) is 2.85. The largest absolute Gasteiger partial charge is 0.472 e. The lowest BCUT2D eigenvalue weighted by Crippen LogP contribution is -2.50. The minimum atomic E-state index is -0.431. The first-order valence-corrected chi connectivity index (χ1v) is 11.6. The van der Waals surface area contributed by atoms with Gasteiger partial charge < -0.3 is 19.6 Å². The zero-order valence-electron chi connectivity index (χ0n) is 20.9. The number of hydrogen-bond donors (Lipinski definition) is 1. The molecule has 2 aromatic heterocycles. The van der Waals surface area contributed by atoms with E-state index in [0.717, 1.165) is 0 Å². The van der Waals surface area contributed by atoms with Crippen molar-refractivity contribution in [3.05, 3.63) is 53.5 Å². The Morgan fingerprint density at radius 2 is 2.11 bits per heavy atom. The number of amides is 2. The van der Waals surface area contributed by atoms with E-state index in [4.69, 9.17) is 4.74 Å². The summed E-state index contributed by atoms with van der Waals surface area (Å²) in [6.45, 7) is 4.81. The molecule has 1 aliphatic rings. The van der Waals surface area contributed by atoms with Crippen LogP contribution < -0.4 is 4.74 Å². The number of carbonyl (C=O) groups is 2. The molecule has 0 saturated heterocycles. The number of nitrogens with zero attached hydrogens (tertiary/aromatic N) is 5. The highest BCUT2D eigenvalue weighted by molar-refractivity contribution is 5.97. The summed E-state index contributed by atoms with van der Waals surface area (Å²) in [6.07, 6.45) is 4.30. The molecule has 2 aromatic rings. The van der Waals surface area contributed by atoms with Gasteiger partial charge in [-0.25, -0.2) is 4.98 Å². The summed E-state index contributed by atoms with van der Waals surface area (Å²) in [5.74, 6) is 5.71. The first-order chi connectivity index (χ1) is 16.7. The van der Waals surface area contributed by atoms with E-state index < -0.39 is 12.1 Å². The predicted octanol–water partition coefficient (Wildman–Crippen LogP) is 1.38. The van der Waals surface area contributed by atoms with Crippen LogP contribution in [0.15, 0.2) is 36.8 Å². The highest BCUT2D eigenvalue weighted by Gasteiger charge is 2.34. The number of aliphatic hydroxyl groups is 1. The van der Waals surface area contributed by atoms with E-state index in [2.05, 4.69) is 21.8 Å². The van der Waals surface area contributed by atoms with Gasteiger partial charge in [0.15, 0.2) is 0 Å². The van der Waals surface area contributed by atoms with Crippen LogP contribution in [0, 0.1) is 17.8 Å². The van der Waals surface area contributed by atoms with E-state index in [1.54, 1.807) is 54.4 Å². The predicted molar refractivity (Wildman–Crippen MR) is 132 cm³/mol. The van der Waals surface area contributed by atoms with E-state index in [-0.39, 0.29) is 36.8 Å². The lowest BCUT2D eigenvalue weighted by Gasteiger charge is -2.37. The number of carbonyl (C=O) groups excluding carboxylic acids is 2. The fourth-order valence-electron chi connectivity index (χ4n) is 3.75. The van der Waals surface area contributed by atoms with Crippen molar-refractivity contribution in [1.82, 2.24) is 24.7 Å². The smallest absolute Gasteiger partial charge is 0.259 e. The maximum absolute atomic E-state index is 13.5. The molecule has 0 unspecified atom stereocenters. The molecule has 9 heteroatoms. The van der Waals surface area contributed by atoms with Gasteiger partial charge in [0.2, 0.25) is 5.88 Å². The molecule has 0 aromatic carbocycles. The molecular weight excluding hydrogens is 446 g/mol. The van der Waals surface area contributed by atoms with Crippen LogP contribution in [0.25, 0.3) is 0 Å². The van der Waals surface area contributed by atoms with Gasteiger partial charge in [0.1, 0.15) is 11.7 Å². The number of fused-ring (bicyclic) bond motifs is 1. The van der Waals surface area contributed by atoms with E-state index in [1.165, 1.54) is 6.20 Å². The van der Waals surface area contributed by atoms with Crippen LogP contribution in [0.3, 0.4) is 0 Å². The number of likely N-dealkylation sites (N-methyl/N-ethyl adjacent to an activating group) is 1. The molecule has 9 nitrogen and oxygen atoms in total. The molecular formula is C26H33N5O4. The van der Waals surface area contributed by atoms with Gasteiger partial charge in [-0.05, 0) is 39.2 Å².